The van der Waals surface area contributed by atoms with E-state index in [0.717, 1.165) is 0 Å². The first-order valence-corrected chi connectivity index (χ1v) is 25.2. The van der Waals surface area contributed by atoms with Gasteiger partial charge in [0.05, 0.1) is 25.0 Å². The van der Waals surface area contributed by atoms with Crippen molar-refractivity contribution in [3.05, 3.63) is 30.0 Å². The van der Waals surface area contributed by atoms with Crippen molar-refractivity contribution in [2.75, 3.05) is 45.8 Å². The first kappa shape index (κ1) is 64.2. The molecule has 420 valence electrons. The summed E-state index contributed by atoms with van der Waals surface area (Å²) in [6.07, 6.45) is 5.63. The number of nitrogens with zero attached hydrogens (tertiary/aromatic N) is 3. The lowest BCUT2D eigenvalue weighted by atomic mass is 9.97. The Morgan fingerprint density at radius 1 is 0.867 bits per heavy atom. The highest BCUT2D eigenvalue weighted by atomic mass is 16.4. The molecule has 1 saturated heterocycles. The summed E-state index contributed by atoms with van der Waals surface area (Å²) in [6.45, 7) is 3.18. The van der Waals surface area contributed by atoms with Gasteiger partial charge < -0.3 is 91.7 Å². The fourth-order valence-electron chi connectivity index (χ4n) is 7.67. The van der Waals surface area contributed by atoms with E-state index in [1.807, 2.05) is 0 Å². The summed E-state index contributed by atoms with van der Waals surface area (Å²) >= 11 is 0. The minimum atomic E-state index is -1.58. The maximum absolute atomic E-state index is 14.2. The van der Waals surface area contributed by atoms with Crippen LogP contribution in [0.2, 0.25) is 0 Å². The van der Waals surface area contributed by atoms with Gasteiger partial charge in [-0.05, 0) is 89.8 Å². The van der Waals surface area contributed by atoms with Crippen LogP contribution in [-0.4, -0.2) is 178 Å². The number of aliphatic hydroxyl groups excluding tert-OH is 1. The van der Waals surface area contributed by atoms with Gasteiger partial charge in [0, 0.05) is 37.9 Å². The number of nitrogens with two attached hydrogens (primary N) is 6. The third-order valence-corrected chi connectivity index (χ3v) is 12.1. The number of rotatable bonds is 35. The van der Waals surface area contributed by atoms with Crippen LogP contribution in [0.5, 0.6) is 0 Å². The molecule has 1 unspecified atom stereocenters. The lowest BCUT2D eigenvalue weighted by Crippen LogP contribution is -2.61. The molecule has 1 aliphatic heterocycles. The number of aliphatic carboxylic acids is 1. The minimum Gasteiger partial charge on any atom is -0.477 e. The lowest BCUT2D eigenvalue weighted by molar-refractivity contribution is -0.137. The fourth-order valence-corrected chi connectivity index (χ4v) is 7.67. The van der Waals surface area contributed by atoms with E-state index in [1.54, 1.807) is 13.8 Å². The van der Waals surface area contributed by atoms with Crippen LogP contribution < -0.4 is 71.6 Å². The van der Waals surface area contributed by atoms with Gasteiger partial charge in [-0.1, -0.05) is 32.8 Å². The minimum absolute atomic E-state index is 0.0415. The highest BCUT2D eigenvalue weighted by Crippen LogP contribution is 2.20. The number of aromatic amines is 1. The Hall–Kier alpha value is -6.92. The standard InChI is InChI=1S/C46H80N18O11/c1-3-26(2)36(62-43(72)37(34(65)22-50)63-38(67)28(51)11-4-6-16-47)42(71)56-24-35(66)58-30(13-8-18-49)44(73)64-20-10-15-33(64)41(70)61-32(21-27-23-54-25-57-27)40(69)59-29(12-5-7-17-48)39(68)60-31(45(74)75)14-9-19-55-46(52)53/h14,23,25-26,28-29,32-34,36-37,65H,3-13,15-22,24,47-51H2,1-2H3,(H,54,57)(H,56,71)(H,59,69)(H,60,68)(H,61,70)(H,62,72)(H,63,67)(H,74,75)(H4,52,53,55)/b31-14-,58-30+/t26-,28-,29-,32-,33-,34-,36?,37-/m0/s1. The van der Waals surface area contributed by atoms with Gasteiger partial charge in [-0.25, -0.2) is 14.8 Å². The van der Waals surface area contributed by atoms with E-state index in [9.17, 15) is 53.4 Å². The predicted octanol–water partition coefficient (Wildman–Crippen LogP) is -5.39. The van der Waals surface area contributed by atoms with Crippen molar-refractivity contribution in [3.8, 4) is 0 Å². The Kier molecular flexibility index (Phi) is 29.6. The number of aromatic nitrogens is 2. The van der Waals surface area contributed by atoms with Gasteiger partial charge in [0.2, 0.25) is 35.4 Å². The van der Waals surface area contributed by atoms with Crippen molar-refractivity contribution in [2.45, 2.75) is 140 Å². The number of carboxylic acids is 1. The molecule has 8 amide bonds. The molecule has 0 aliphatic carbocycles. The van der Waals surface area contributed by atoms with Crippen LogP contribution in [-0.2, 0) is 49.6 Å². The summed E-state index contributed by atoms with van der Waals surface area (Å²) in [5.41, 5.74) is 33.5. The van der Waals surface area contributed by atoms with Crippen molar-refractivity contribution in [1.29, 1.82) is 5.41 Å². The number of H-pyrrole nitrogens is 1. The summed E-state index contributed by atoms with van der Waals surface area (Å²) < 4.78 is 0. The van der Waals surface area contributed by atoms with Gasteiger partial charge in [-0.15, -0.1) is 0 Å². The third kappa shape index (κ3) is 22.6. The number of aliphatic hydroxyl groups is 1. The Balaban J connectivity index is 2.32. The molecule has 1 fully saturated rings. The van der Waals surface area contributed by atoms with Crippen molar-refractivity contribution in [3.63, 3.8) is 0 Å². The number of carbonyl (C=O) groups is 9. The predicted molar refractivity (Wildman–Crippen MR) is 275 cm³/mol. The number of guanidine groups is 1. The van der Waals surface area contributed by atoms with E-state index in [4.69, 9.17) is 39.8 Å². The molecule has 0 radical (unpaired) electrons. The normalized spacial score (nSPS) is 16.5. The zero-order chi connectivity index (χ0) is 56.0. The maximum Gasteiger partial charge on any atom is 0.352 e. The number of likely N-dealkylation sites (tertiary alicyclic amines) is 1. The van der Waals surface area contributed by atoms with E-state index in [1.165, 1.54) is 23.5 Å². The Morgan fingerprint density at radius 3 is 2.13 bits per heavy atom. The zero-order valence-corrected chi connectivity index (χ0v) is 42.9. The fraction of sp³-hybridized carbons (Fsp3) is 0.652. The number of aliphatic imine (C=N–C) groups is 1. The molecule has 23 N–H and O–H groups in total. The van der Waals surface area contributed by atoms with E-state index < -0.39 is 120 Å². The van der Waals surface area contributed by atoms with Crippen molar-refractivity contribution in [1.82, 2.24) is 52.1 Å². The second kappa shape index (κ2) is 34.5. The lowest BCUT2D eigenvalue weighted by Gasteiger charge is -2.28. The number of unbranched alkanes of at least 4 members (excludes halogenated alkanes) is 2. The van der Waals surface area contributed by atoms with Gasteiger partial charge in [-0.2, -0.15) is 0 Å². The molecule has 0 bridgehead atoms. The number of carbonyl (C=O) groups excluding carboxylic acids is 8. The Labute approximate surface area is 435 Å². The molecule has 0 spiro atoms. The van der Waals surface area contributed by atoms with E-state index >= 15 is 0 Å². The molecule has 75 heavy (non-hydrogen) atoms. The maximum atomic E-state index is 14.2. The first-order valence-electron chi connectivity index (χ1n) is 25.2. The average Bonchev–Trinajstić information content (AvgIpc) is 4.10. The Bertz CT molecular complexity index is 2120. The van der Waals surface area contributed by atoms with Gasteiger partial charge in [0.25, 0.3) is 11.8 Å². The highest BCUT2D eigenvalue weighted by Gasteiger charge is 2.39. The number of carboxylic acid groups (broad SMARTS) is 1. The molecule has 1 aromatic heterocycles. The van der Waals surface area contributed by atoms with E-state index in [-0.39, 0.29) is 82.8 Å². The molecule has 1 aromatic rings. The topological polar surface area (TPSA) is 503 Å². The number of amides is 8. The molecular formula is C46H80N18O11. The SMILES string of the molecule is CC[C@H](C)C(NC(=O)[C@@H](NC(=O)[C@@H](N)CCCCN)[C@@H](O)CN)C(=O)NCC(=O)/N=C(\CCCN)C(=O)N1CCC[C@H]1C(=O)N[C@@H](Cc1cnc[nH]1)C(=O)N[C@@H](CCCCN)C(=O)N/C(=C\CCNC(=N)N)C(=O)O. The molecule has 0 aromatic carbocycles. The molecule has 1 aliphatic rings. The number of hydrogen-bond acceptors (Lipinski definition) is 17. The Morgan fingerprint density at radius 2 is 1.53 bits per heavy atom. The largest absolute Gasteiger partial charge is 0.477 e. The van der Waals surface area contributed by atoms with Crippen molar-refractivity contribution >= 4 is 64.9 Å². The number of hydrogen-bond donors (Lipinski definition) is 17. The van der Waals surface area contributed by atoms with Crippen molar-refractivity contribution in [2.24, 2.45) is 45.3 Å². The van der Waals surface area contributed by atoms with Gasteiger partial charge in [0.15, 0.2) is 5.96 Å². The van der Waals surface area contributed by atoms with Crippen LogP contribution in [0, 0.1) is 11.3 Å². The summed E-state index contributed by atoms with van der Waals surface area (Å²) in [6, 6.07) is -7.69. The summed E-state index contributed by atoms with van der Waals surface area (Å²) in [4.78, 5) is 133. The first-order chi connectivity index (χ1) is 35.7. The molecule has 2 rings (SSSR count). The quantitative estimate of drug-likeness (QED) is 0.0131. The van der Waals surface area contributed by atoms with Gasteiger partial charge in [0.1, 0.15) is 41.6 Å². The van der Waals surface area contributed by atoms with Crippen LogP contribution in [0.15, 0.2) is 29.3 Å². The van der Waals surface area contributed by atoms with Crippen LogP contribution in [0.4, 0.5) is 0 Å². The second-order valence-corrected chi connectivity index (χ2v) is 18.0. The average molecular weight is 1060 g/mol. The molecular weight excluding hydrogens is 981 g/mol. The van der Waals surface area contributed by atoms with E-state index in [2.05, 4.69) is 52.2 Å². The smallest absolute Gasteiger partial charge is 0.352 e. The zero-order valence-electron chi connectivity index (χ0n) is 42.9. The van der Waals surface area contributed by atoms with Crippen LogP contribution in [0.3, 0.4) is 0 Å². The molecule has 2 heterocycles. The molecule has 29 heteroatoms. The molecule has 0 saturated carbocycles. The molecule has 29 nitrogen and oxygen atoms in total. The summed E-state index contributed by atoms with van der Waals surface area (Å²) in [5, 5.41) is 45.2. The number of imidazole rings is 1. The van der Waals surface area contributed by atoms with Crippen molar-refractivity contribution < 1.29 is 53.4 Å². The van der Waals surface area contributed by atoms with Crippen LogP contribution >= 0.6 is 0 Å². The summed E-state index contributed by atoms with van der Waals surface area (Å²) in [7, 11) is 0. The van der Waals surface area contributed by atoms with Crippen LogP contribution in [0.1, 0.15) is 96.6 Å². The summed E-state index contributed by atoms with van der Waals surface area (Å²) in [5.74, 6) is -8.97. The van der Waals surface area contributed by atoms with E-state index in [0.29, 0.717) is 50.8 Å². The van der Waals surface area contributed by atoms with Gasteiger partial charge >= 0.3 is 5.97 Å². The third-order valence-electron chi connectivity index (χ3n) is 12.1. The molecule has 8 atom stereocenters. The monoisotopic (exact) mass is 1060 g/mol. The second-order valence-electron chi connectivity index (χ2n) is 18.0. The van der Waals surface area contributed by atoms with Gasteiger partial charge in [-0.3, -0.25) is 43.8 Å². The van der Waals surface area contributed by atoms with Crippen LogP contribution in [0.25, 0.3) is 0 Å². The number of nitrogens with one attached hydrogen (secondary N) is 9. The highest BCUT2D eigenvalue weighted by molar-refractivity contribution is 6.40.